The molecule has 0 aliphatic heterocycles. The van der Waals surface area contributed by atoms with Crippen molar-refractivity contribution in [3.8, 4) is 0 Å². The molecule has 7 heteroatoms. The Morgan fingerprint density at radius 2 is 0.667 bits per heavy atom. The minimum absolute atomic E-state index is 0. The van der Waals surface area contributed by atoms with Crippen LogP contribution in [0.5, 0.6) is 0 Å². The molecule has 0 aliphatic carbocycles. The van der Waals surface area contributed by atoms with Crippen LogP contribution in [0.2, 0.25) is 0 Å². The van der Waals surface area contributed by atoms with E-state index in [4.69, 9.17) is 11.5 Å². The third-order valence-corrected chi connectivity index (χ3v) is 8.77. The van der Waals surface area contributed by atoms with Gasteiger partial charge in [-0.15, -0.1) is 12.4 Å². The Morgan fingerprint density at radius 3 is 0.933 bits per heavy atom. The average Bonchev–Trinajstić information content (AvgIpc) is 3.07. The molecule has 6 nitrogen and oxygen atoms in total. The summed E-state index contributed by atoms with van der Waals surface area (Å²) in [6.07, 6.45) is 21.0. The standard InChI is InChI=1S/2C19H33NO2.ClH/c2*1-2-3-4-5-6-7-8-17-9-11-18(12-10-17)13-14-19(20,15-21)16-22;/h2*9-12,21-22H,2-8,13-16,20H2,1H3;1H. The van der Waals surface area contributed by atoms with Gasteiger partial charge in [-0.05, 0) is 73.6 Å². The van der Waals surface area contributed by atoms with Crippen LogP contribution in [0.15, 0.2) is 48.5 Å². The van der Waals surface area contributed by atoms with Gasteiger partial charge in [0, 0.05) is 0 Å². The number of aliphatic hydroxyl groups is 4. The highest BCUT2D eigenvalue weighted by Gasteiger charge is 2.23. The third-order valence-electron chi connectivity index (χ3n) is 8.77. The molecule has 8 N–H and O–H groups in total. The highest BCUT2D eigenvalue weighted by atomic mass is 35.5. The molecule has 0 unspecified atom stereocenters. The first-order chi connectivity index (χ1) is 21.3. The van der Waals surface area contributed by atoms with Gasteiger partial charge in [0.1, 0.15) is 0 Å². The second-order valence-electron chi connectivity index (χ2n) is 13.0. The fourth-order valence-corrected chi connectivity index (χ4v) is 5.17. The van der Waals surface area contributed by atoms with Crippen molar-refractivity contribution in [2.45, 2.75) is 141 Å². The number of halogens is 1. The minimum atomic E-state index is -0.864. The summed E-state index contributed by atoms with van der Waals surface area (Å²) in [5, 5.41) is 36.8. The maximum atomic E-state index is 9.20. The highest BCUT2D eigenvalue weighted by molar-refractivity contribution is 5.85. The van der Waals surface area contributed by atoms with E-state index in [0.29, 0.717) is 12.8 Å². The second-order valence-corrected chi connectivity index (χ2v) is 13.0. The van der Waals surface area contributed by atoms with Crippen molar-refractivity contribution in [3.05, 3.63) is 70.8 Å². The maximum absolute atomic E-state index is 9.20. The summed E-state index contributed by atoms with van der Waals surface area (Å²) >= 11 is 0. The molecule has 0 radical (unpaired) electrons. The van der Waals surface area contributed by atoms with Crippen molar-refractivity contribution >= 4 is 12.4 Å². The van der Waals surface area contributed by atoms with E-state index in [-0.39, 0.29) is 38.8 Å². The van der Waals surface area contributed by atoms with Gasteiger partial charge < -0.3 is 31.9 Å². The SMILES string of the molecule is CCCCCCCCc1ccc(CCC(N)(CO)CO)cc1.CCCCCCCCc1ccc(CCC(N)(CO)CO)cc1.Cl. The van der Waals surface area contributed by atoms with Crippen LogP contribution in [0.4, 0.5) is 0 Å². The van der Waals surface area contributed by atoms with Gasteiger partial charge in [0.15, 0.2) is 0 Å². The predicted molar refractivity (Wildman–Crippen MR) is 193 cm³/mol. The van der Waals surface area contributed by atoms with Crippen LogP contribution in [-0.4, -0.2) is 57.9 Å². The number of unbranched alkanes of at least 4 members (excludes halogenated alkanes) is 10. The van der Waals surface area contributed by atoms with Gasteiger partial charge in [-0.1, -0.05) is 127 Å². The quantitative estimate of drug-likeness (QED) is 0.0690. The van der Waals surface area contributed by atoms with Gasteiger partial charge in [0.2, 0.25) is 0 Å². The Kier molecular flexibility index (Phi) is 25.7. The van der Waals surface area contributed by atoms with Gasteiger partial charge in [0.05, 0.1) is 37.5 Å². The largest absolute Gasteiger partial charge is 0.394 e. The Morgan fingerprint density at radius 1 is 0.422 bits per heavy atom. The number of hydrogen-bond donors (Lipinski definition) is 6. The normalized spacial score (nSPS) is 11.6. The van der Waals surface area contributed by atoms with E-state index in [1.807, 2.05) is 0 Å². The average molecular weight is 651 g/mol. The van der Waals surface area contributed by atoms with Crippen LogP contribution in [0, 0.1) is 0 Å². The van der Waals surface area contributed by atoms with Crippen molar-refractivity contribution in [2.75, 3.05) is 26.4 Å². The summed E-state index contributed by atoms with van der Waals surface area (Å²) in [5.41, 5.74) is 15.3. The van der Waals surface area contributed by atoms with E-state index in [1.165, 1.54) is 99.3 Å². The zero-order chi connectivity index (χ0) is 32.5. The van der Waals surface area contributed by atoms with Crippen LogP contribution in [0.25, 0.3) is 0 Å². The number of hydrogen-bond acceptors (Lipinski definition) is 6. The van der Waals surface area contributed by atoms with E-state index in [1.54, 1.807) is 0 Å². The lowest BCUT2D eigenvalue weighted by molar-refractivity contribution is 0.114. The van der Waals surface area contributed by atoms with Crippen molar-refractivity contribution in [1.82, 2.24) is 0 Å². The molecule has 45 heavy (non-hydrogen) atoms. The fourth-order valence-electron chi connectivity index (χ4n) is 5.17. The molecule has 2 aromatic carbocycles. The molecule has 0 heterocycles. The first-order valence-electron chi connectivity index (χ1n) is 17.4. The van der Waals surface area contributed by atoms with Crippen molar-refractivity contribution in [2.24, 2.45) is 11.5 Å². The number of benzene rings is 2. The fraction of sp³-hybridized carbons (Fsp3) is 0.684. The smallest absolute Gasteiger partial charge is 0.0633 e. The number of aryl methyl sites for hydroxylation is 4. The van der Waals surface area contributed by atoms with Gasteiger partial charge in [0.25, 0.3) is 0 Å². The molecule has 0 amide bonds. The lowest BCUT2D eigenvalue weighted by Crippen LogP contribution is -2.47. The zero-order valence-electron chi connectivity index (χ0n) is 28.5. The Bertz CT molecular complexity index is 854. The molecular weight excluding hydrogens is 584 g/mol. The molecule has 2 aromatic rings. The van der Waals surface area contributed by atoms with Gasteiger partial charge >= 0.3 is 0 Å². The van der Waals surface area contributed by atoms with Crippen LogP contribution >= 0.6 is 12.4 Å². The molecule has 0 fully saturated rings. The molecule has 0 spiro atoms. The van der Waals surface area contributed by atoms with Crippen molar-refractivity contribution in [3.63, 3.8) is 0 Å². The first-order valence-corrected chi connectivity index (χ1v) is 17.4. The molecular formula is C38H67ClN2O4. The number of rotatable bonds is 24. The van der Waals surface area contributed by atoms with E-state index in [2.05, 4.69) is 62.4 Å². The molecule has 260 valence electrons. The first kappa shape index (κ1) is 43.5. The van der Waals surface area contributed by atoms with E-state index >= 15 is 0 Å². The molecule has 0 saturated heterocycles. The molecule has 0 saturated carbocycles. The second kappa shape index (κ2) is 26.5. The maximum Gasteiger partial charge on any atom is 0.0633 e. The molecule has 0 aromatic heterocycles. The minimum Gasteiger partial charge on any atom is -0.394 e. The van der Waals surface area contributed by atoms with E-state index in [9.17, 15) is 20.4 Å². The summed E-state index contributed by atoms with van der Waals surface area (Å²) in [7, 11) is 0. The number of nitrogens with two attached hydrogens (primary N) is 2. The highest BCUT2D eigenvalue weighted by Crippen LogP contribution is 2.16. The van der Waals surface area contributed by atoms with Crippen LogP contribution in [0.3, 0.4) is 0 Å². The molecule has 0 aliphatic rings. The van der Waals surface area contributed by atoms with Gasteiger partial charge in [-0.25, -0.2) is 0 Å². The van der Waals surface area contributed by atoms with Crippen LogP contribution < -0.4 is 11.5 Å². The lowest BCUT2D eigenvalue weighted by atomic mass is 9.93. The van der Waals surface area contributed by atoms with Crippen LogP contribution in [0.1, 0.15) is 126 Å². The van der Waals surface area contributed by atoms with Crippen molar-refractivity contribution in [1.29, 1.82) is 0 Å². The molecule has 0 atom stereocenters. The Labute approximate surface area is 281 Å². The summed E-state index contributed by atoms with van der Waals surface area (Å²) in [6, 6.07) is 17.3. The molecule has 0 bridgehead atoms. The summed E-state index contributed by atoms with van der Waals surface area (Å²) in [5.74, 6) is 0. The summed E-state index contributed by atoms with van der Waals surface area (Å²) < 4.78 is 0. The summed E-state index contributed by atoms with van der Waals surface area (Å²) in [6.45, 7) is 3.77. The van der Waals surface area contributed by atoms with Gasteiger partial charge in [-0.3, -0.25) is 0 Å². The number of aliphatic hydroxyl groups excluding tert-OH is 4. The van der Waals surface area contributed by atoms with E-state index in [0.717, 1.165) is 25.7 Å². The monoisotopic (exact) mass is 650 g/mol. The van der Waals surface area contributed by atoms with Crippen molar-refractivity contribution < 1.29 is 20.4 Å². The lowest BCUT2D eigenvalue weighted by Gasteiger charge is -2.24. The third kappa shape index (κ3) is 20.4. The topological polar surface area (TPSA) is 133 Å². The molecule has 2 rings (SSSR count). The zero-order valence-corrected chi connectivity index (χ0v) is 29.3. The predicted octanol–water partition coefficient (Wildman–Crippen LogP) is 6.83. The Hall–Kier alpha value is -1.51. The van der Waals surface area contributed by atoms with Gasteiger partial charge in [-0.2, -0.15) is 0 Å². The Balaban J connectivity index is 0.000000842. The van der Waals surface area contributed by atoms with E-state index < -0.39 is 11.1 Å². The van der Waals surface area contributed by atoms with Crippen LogP contribution in [-0.2, 0) is 25.7 Å². The summed E-state index contributed by atoms with van der Waals surface area (Å²) in [4.78, 5) is 0.